The van der Waals surface area contributed by atoms with Crippen LogP contribution in [-0.2, 0) is 6.42 Å². The molecule has 0 aliphatic carbocycles. The molecular weight excluding hydrogens is 344 g/mol. The maximum Gasteiger partial charge on any atom is 0.335 e. The van der Waals surface area contributed by atoms with Gasteiger partial charge in [-0.05, 0) is 58.5 Å². The molecule has 0 spiro atoms. The van der Waals surface area contributed by atoms with Gasteiger partial charge in [0.2, 0.25) is 0 Å². The zero-order chi connectivity index (χ0) is 19.8. The Kier molecular flexibility index (Phi) is 7.25. The number of aromatic carboxylic acids is 1. The van der Waals surface area contributed by atoms with Gasteiger partial charge in [-0.3, -0.25) is 0 Å². The second-order valence-electron chi connectivity index (χ2n) is 7.65. The van der Waals surface area contributed by atoms with Gasteiger partial charge >= 0.3 is 5.97 Å². The van der Waals surface area contributed by atoms with Crippen LogP contribution in [0.25, 0.3) is 21.9 Å². The molecule has 3 rings (SSSR count). The molecule has 0 amide bonds. The van der Waals surface area contributed by atoms with Crippen molar-refractivity contribution in [2.24, 2.45) is 0 Å². The lowest BCUT2D eigenvalue weighted by Crippen LogP contribution is -1.94. The van der Waals surface area contributed by atoms with Crippen molar-refractivity contribution >= 4 is 16.7 Å². The minimum absolute atomic E-state index is 0.319. The summed E-state index contributed by atoms with van der Waals surface area (Å²) < 4.78 is 0. The van der Waals surface area contributed by atoms with E-state index in [1.165, 1.54) is 61.3 Å². The summed E-state index contributed by atoms with van der Waals surface area (Å²) >= 11 is 0. The highest BCUT2D eigenvalue weighted by atomic mass is 16.4. The van der Waals surface area contributed by atoms with Gasteiger partial charge in [0, 0.05) is 0 Å². The number of hydrogen-bond donors (Lipinski definition) is 1. The fourth-order valence-electron chi connectivity index (χ4n) is 3.72. The Labute approximate surface area is 168 Å². The summed E-state index contributed by atoms with van der Waals surface area (Å²) in [6, 6.07) is 20.3. The van der Waals surface area contributed by atoms with Crippen LogP contribution in [-0.4, -0.2) is 11.1 Å². The summed E-state index contributed by atoms with van der Waals surface area (Å²) in [5.74, 6) is -0.890. The second kappa shape index (κ2) is 10.1. The first-order valence-electron chi connectivity index (χ1n) is 10.5. The van der Waals surface area contributed by atoms with Crippen LogP contribution in [0.15, 0.2) is 60.7 Å². The number of benzene rings is 3. The molecule has 28 heavy (non-hydrogen) atoms. The number of rotatable bonds is 10. The third kappa shape index (κ3) is 5.45. The van der Waals surface area contributed by atoms with Crippen molar-refractivity contribution in [1.82, 2.24) is 0 Å². The molecule has 0 saturated heterocycles. The predicted octanol–water partition coefficient (Wildman–Crippen LogP) is 7.50. The lowest BCUT2D eigenvalue weighted by atomic mass is 9.97. The lowest BCUT2D eigenvalue weighted by molar-refractivity contribution is 0.0697. The number of carboxylic acids is 1. The zero-order valence-electron chi connectivity index (χ0n) is 16.8. The molecule has 146 valence electrons. The molecule has 0 aromatic heterocycles. The molecule has 1 N–H and O–H groups in total. The van der Waals surface area contributed by atoms with Crippen molar-refractivity contribution in [3.8, 4) is 11.1 Å². The largest absolute Gasteiger partial charge is 0.478 e. The van der Waals surface area contributed by atoms with Crippen LogP contribution in [0.4, 0.5) is 0 Å². The van der Waals surface area contributed by atoms with E-state index in [0.717, 1.165) is 17.5 Å². The maximum absolute atomic E-state index is 11.0. The van der Waals surface area contributed by atoms with Crippen LogP contribution < -0.4 is 0 Å². The van der Waals surface area contributed by atoms with E-state index in [2.05, 4.69) is 43.3 Å². The van der Waals surface area contributed by atoms with Crippen molar-refractivity contribution < 1.29 is 9.90 Å². The molecule has 0 radical (unpaired) electrons. The first-order chi connectivity index (χ1) is 13.7. The summed E-state index contributed by atoms with van der Waals surface area (Å²) in [6.07, 6.45) is 10.6. The molecule has 3 aromatic rings. The second-order valence-corrected chi connectivity index (χ2v) is 7.65. The average Bonchev–Trinajstić information content (AvgIpc) is 2.72. The molecule has 0 saturated carbocycles. The van der Waals surface area contributed by atoms with Gasteiger partial charge in [-0.2, -0.15) is 0 Å². The van der Waals surface area contributed by atoms with E-state index in [9.17, 15) is 4.79 Å². The van der Waals surface area contributed by atoms with E-state index < -0.39 is 5.97 Å². The predicted molar refractivity (Wildman–Crippen MR) is 118 cm³/mol. The van der Waals surface area contributed by atoms with Gasteiger partial charge in [0.15, 0.2) is 0 Å². The van der Waals surface area contributed by atoms with Gasteiger partial charge < -0.3 is 5.11 Å². The van der Waals surface area contributed by atoms with E-state index in [1.807, 2.05) is 12.1 Å². The van der Waals surface area contributed by atoms with Crippen molar-refractivity contribution in [1.29, 1.82) is 0 Å². The Morgan fingerprint density at radius 2 is 1.32 bits per heavy atom. The number of fused-ring (bicyclic) bond motifs is 1. The minimum atomic E-state index is -0.890. The van der Waals surface area contributed by atoms with Crippen LogP contribution in [0.2, 0.25) is 0 Å². The van der Waals surface area contributed by atoms with Gasteiger partial charge in [-0.15, -0.1) is 0 Å². The third-order valence-electron chi connectivity index (χ3n) is 5.44. The van der Waals surface area contributed by atoms with Crippen LogP contribution in [0.5, 0.6) is 0 Å². The van der Waals surface area contributed by atoms with E-state index in [-0.39, 0.29) is 0 Å². The molecule has 2 nitrogen and oxygen atoms in total. The number of carbonyl (C=O) groups is 1. The number of carboxylic acid groups (broad SMARTS) is 1. The van der Waals surface area contributed by atoms with E-state index in [0.29, 0.717) is 5.56 Å². The number of unbranched alkanes of at least 4 members (excludes halogenated alkanes) is 6. The fourth-order valence-corrected chi connectivity index (χ4v) is 3.72. The first-order valence-corrected chi connectivity index (χ1v) is 10.5. The molecule has 2 heteroatoms. The monoisotopic (exact) mass is 374 g/mol. The molecule has 0 aliphatic heterocycles. The summed E-state index contributed by atoms with van der Waals surface area (Å²) in [6.45, 7) is 2.26. The lowest BCUT2D eigenvalue weighted by Gasteiger charge is -2.07. The molecule has 3 aromatic carbocycles. The van der Waals surface area contributed by atoms with Gasteiger partial charge in [0.1, 0.15) is 0 Å². The SMILES string of the molecule is CCCCCCCCCc1ccc2cc(-c3ccc(C(=O)O)cc3)ccc2c1. The molecule has 0 aliphatic rings. The third-order valence-corrected chi connectivity index (χ3v) is 5.44. The average molecular weight is 375 g/mol. The minimum Gasteiger partial charge on any atom is -0.478 e. The molecular formula is C26H30O2. The fraction of sp³-hybridized carbons (Fsp3) is 0.346. The maximum atomic E-state index is 11.0. The van der Waals surface area contributed by atoms with Crippen LogP contribution in [0.3, 0.4) is 0 Å². The van der Waals surface area contributed by atoms with Crippen LogP contribution in [0, 0.1) is 0 Å². The molecule has 0 bridgehead atoms. The van der Waals surface area contributed by atoms with Crippen molar-refractivity contribution in [3.63, 3.8) is 0 Å². The molecule has 0 fully saturated rings. The van der Waals surface area contributed by atoms with Crippen LogP contribution in [0.1, 0.15) is 67.8 Å². The summed E-state index contributed by atoms with van der Waals surface area (Å²) in [5.41, 5.74) is 3.89. The van der Waals surface area contributed by atoms with E-state index in [1.54, 1.807) is 12.1 Å². The van der Waals surface area contributed by atoms with Gasteiger partial charge in [0.05, 0.1) is 5.56 Å². The summed E-state index contributed by atoms with van der Waals surface area (Å²) in [4.78, 5) is 11.0. The quantitative estimate of drug-likeness (QED) is 0.373. The highest BCUT2D eigenvalue weighted by molar-refractivity contribution is 5.90. The van der Waals surface area contributed by atoms with Gasteiger partial charge in [0.25, 0.3) is 0 Å². The number of aryl methyl sites for hydroxylation is 1. The highest BCUT2D eigenvalue weighted by Crippen LogP contribution is 2.26. The Morgan fingerprint density at radius 3 is 2.04 bits per heavy atom. The van der Waals surface area contributed by atoms with Crippen molar-refractivity contribution in [2.75, 3.05) is 0 Å². The Balaban J connectivity index is 1.61. The summed E-state index contributed by atoms with van der Waals surface area (Å²) in [7, 11) is 0. The zero-order valence-corrected chi connectivity index (χ0v) is 16.8. The highest BCUT2D eigenvalue weighted by Gasteiger charge is 2.05. The number of hydrogen-bond acceptors (Lipinski definition) is 1. The van der Waals surface area contributed by atoms with Crippen molar-refractivity contribution in [3.05, 3.63) is 71.8 Å². The Bertz CT molecular complexity index is 909. The Hall–Kier alpha value is -2.61. The van der Waals surface area contributed by atoms with Crippen LogP contribution >= 0.6 is 0 Å². The molecule has 0 heterocycles. The van der Waals surface area contributed by atoms with Gasteiger partial charge in [-0.25, -0.2) is 4.79 Å². The van der Waals surface area contributed by atoms with E-state index in [4.69, 9.17) is 5.11 Å². The normalized spacial score (nSPS) is 11.0. The smallest absolute Gasteiger partial charge is 0.335 e. The van der Waals surface area contributed by atoms with Gasteiger partial charge in [-0.1, -0.05) is 87.9 Å². The summed E-state index contributed by atoms with van der Waals surface area (Å²) in [5, 5.41) is 11.5. The topological polar surface area (TPSA) is 37.3 Å². The van der Waals surface area contributed by atoms with Crippen molar-refractivity contribution in [2.45, 2.75) is 58.3 Å². The van der Waals surface area contributed by atoms with E-state index >= 15 is 0 Å². The molecule has 0 atom stereocenters. The Morgan fingerprint density at radius 1 is 0.714 bits per heavy atom. The standard InChI is InChI=1S/C26H30O2/c1-2-3-4-5-6-7-8-9-20-10-11-25-19-24(17-16-23(25)18-20)21-12-14-22(15-13-21)26(27)28/h10-19H,2-9H2,1H3,(H,27,28). The molecule has 0 unspecified atom stereocenters. The first kappa shape index (κ1) is 20.1.